The molecule has 3 rings (SSSR count). The molecule has 0 aliphatic carbocycles. The van der Waals surface area contributed by atoms with E-state index in [1.54, 1.807) is 6.08 Å². The second-order valence-electron chi connectivity index (χ2n) is 6.39. The average Bonchev–Trinajstić information content (AvgIpc) is 3.23. The summed E-state index contributed by atoms with van der Waals surface area (Å²) in [6.45, 7) is 0.650. The third-order valence-electron chi connectivity index (χ3n) is 4.59. The van der Waals surface area contributed by atoms with Gasteiger partial charge in [0.25, 0.3) is 5.91 Å². The monoisotopic (exact) mass is 412 g/mol. The molecule has 2 aliphatic heterocycles. The lowest BCUT2D eigenvalue weighted by atomic mass is 10.2. The zero-order valence-corrected chi connectivity index (χ0v) is 16.7. The molecule has 28 heavy (non-hydrogen) atoms. The summed E-state index contributed by atoms with van der Waals surface area (Å²) in [6, 6.07) is 4.37. The Bertz CT molecular complexity index is 847. The molecule has 0 bridgehead atoms. The van der Waals surface area contributed by atoms with Crippen LogP contribution in [0.1, 0.15) is 19.3 Å². The molecule has 1 saturated heterocycles. The number of carbonyl (C=O) groups excluding carboxylic acids is 1. The highest BCUT2D eigenvalue weighted by atomic mass is 32.2. The Labute approximate surface area is 164 Å². The van der Waals surface area contributed by atoms with Gasteiger partial charge in [-0.05, 0) is 25.0 Å². The molecule has 1 fully saturated rings. The van der Waals surface area contributed by atoms with Crippen molar-refractivity contribution in [1.29, 1.82) is 0 Å². The summed E-state index contributed by atoms with van der Waals surface area (Å²) in [5.74, 6) is 0.275. The van der Waals surface area contributed by atoms with Gasteiger partial charge in [-0.2, -0.15) is 4.31 Å². The van der Waals surface area contributed by atoms with Crippen LogP contribution in [-0.2, 0) is 24.4 Å². The van der Waals surface area contributed by atoms with Crippen LogP contribution in [0.15, 0.2) is 34.7 Å². The second kappa shape index (κ2) is 8.91. The van der Waals surface area contributed by atoms with Crippen molar-refractivity contribution in [3.05, 3.63) is 29.8 Å². The SMILES string of the molecule is COc1ccc(S(=O)(=O)N2CC=C(C(=O)NOC3CCCCO3)C2)cc1OC. The maximum atomic E-state index is 12.9. The minimum atomic E-state index is -3.80. The van der Waals surface area contributed by atoms with Crippen LogP contribution in [0.3, 0.4) is 0 Å². The molecule has 0 spiro atoms. The quantitative estimate of drug-likeness (QED) is 0.672. The van der Waals surface area contributed by atoms with Crippen LogP contribution in [-0.4, -0.2) is 58.8 Å². The Morgan fingerprint density at radius 1 is 1.21 bits per heavy atom. The van der Waals surface area contributed by atoms with Gasteiger partial charge >= 0.3 is 0 Å². The molecule has 1 aromatic rings. The standard InChI is InChI=1S/C18H24N2O7S/c1-24-15-7-6-14(11-16(15)25-2)28(22,23)20-9-8-13(12-20)18(21)19-27-17-5-3-4-10-26-17/h6-8,11,17H,3-5,9-10,12H2,1-2H3,(H,19,21). The molecule has 10 heteroatoms. The highest BCUT2D eigenvalue weighted by molar-refractivity contribution is 7.89. The Hall–Kier alpha value is -2.14. The van der Waals surface area contributed by atoms with Crippen molar-refractivity contribution in [2.75, 3.05) is 33.9 Å². The number of hydroxylamine groups is 1. The molecule has 0 aromatic heterocycles. The number of amides is 1. The van der Waals surface area contributed by atoms with E-state index in [0.717, 1.165) is 12.8 Å². The first kappa shape index (κ1) is 20.6. The maximum Gasteiger partial charge on any atom is 0.271 e. The van der Waals surface area contributed by atoms with Crippen LogP contribution < -0.4 is 15.0 Å². The number of benzene rings is 1. The van der Waals surface area contributed by atoms with E-state index in [-0.39, 0.29) is 18.0 Å². The predicted molar refractivity (Wildman–Crippen MR) is 99.2 cm³/mol. The lowest BCUT2D eigenvalue weighted by Crippen LogP contribution is -2.36. The number of ether oxygens (including phenoxy) is 3. The first-order valence-electron chi connectivity index (χ1n) is 8.94. The molecule has 1 aromatic carbocycles. The number of carbonyl (C=O) groups is 1. The molecule has 1 unspecified atom stereocenters. The van der Waals surface area contributed by atoms with E-state index in [4.69, 9.17) is 19.0 Å². The van der Waals surface area contributed by atoms with Crippen LogP contribution in [0.4, 0.5) is 0 Å². The van der Waals surface area contributed by atoms with Gasteiger partial charge in [-0.25, -0.2) is 18.7 Å². The summed E-state index contributed by atoms with van der Waals surface area (Å²) in [6.07, 6.45) is 3.76. The fourth-order valence-electron chi connectivity index (χ4n) is 2.99. The van der Waals surface area contributed by atoms with E-state index in [2.05, 4.69) is 5.48 Å². The third-order valence-corrected chi connectivity index (χ3v) is 6.40. The Kier molecular flexibility index (Phi) is 6.55. The number of nitrogens with one attached hydrogen (secondary N) is 1. The largest absolute Gasteiger partial charge is 0.493 e. The molecule has 1 amide bonds. The highest BCUT2D eigenvalue weighted by Crippen LogP contribution is 2.31. The summed E-state index contributed by atoms with van der Waals surface area (Å²) >= 11 is 0. The van der Waals surface area contributed by atoms with E-state index >= 15 is 0 Å². The van der Waals surface area contributed by atoms with Crippen molar-refractivity contribution < 1.29 is 32.3 Å². The van der Waals surface area contributed by atoms with E-state index in [1.807, 2.05) is 0 Å². The van der Waals surface area contributed by atoms with Crippen molar-refractivity contribution in [1.82, 2.24) is 9.79 Å². The van der Waals surface area contributed by atoms with Gasteiger partial charge < -0.3 is 14.2 Å². The maximum absolute atomic E-state index is 12.9. The van der Waals surface area contributed by atoms with Gasteiger partial charge in [0, 0.05) is 37.8 Å². The highest BCUT2D eigenvalue weighted by Gasteiger charge is 2.31. The number of hydrogen-bond acceptors (Lipinski definition) is 7. The normalized spacial score (nSPS) is 20.5. The minimum absolute atomic E-state index is 0.0443. The lowest BCUT2D eigenvalue weighted by Gasteiger charge is -2.22. The van der Waals surface area contributed by atoms with E-state index < -0.39 is 22.2 Å². The molecule has 2 aliphatic rings. The van der Waals surface area contributed by atoms with E-state index in [0.29, 0.717) is 30.1 Å². The topological polar surface area (TPSA) is 103 Å². The number of hydrogen-bond donors (Lipinski definition) is 1. The Morgan fingerprint density at radius 3 is 2.68 bits per heavy atom. The molecule has 0 saturated carbocycles. The van der Waals surface area contributed by atoms with E-state index in [9.17, 15) is 13.2 Å². The van der Waals surface area contributed by atoms with Crippen molar-refractivity contribution in [3.8, 4) is 11.5 Å². The van der Waals surface area contributed by atoms with Crippen LogP contribution in [0.5, 0.6) is 11.5 Å². The lowest BCUT2D eigenvalue weighted by molar-refractivity contribution is -0.198. The molecule has 2 heterocycles. The van der Waals surface area contributed by atoms with Gasteiger partial charge in [-0.1, -0.05) is 6.08 Å². The molecule has 1 N–H and O–H groups in total. The summed E-state index contributed by atoms with van der Waals surface area (Å²) in [7, 11) is -0.889. The van der Waals surface area contributed by atoms with E-state index in [1.165, 1.54) is 36.7 Å². The zero-order chi connectivity index (χ0) is 20.1. The Morgan fingerprint density at radius 2 is 2.00 bits per heavy atom. The molecule has 154 valence electrons. The van der Waals surface area contributed by atoms with Crippen molar-refractivity contribution in [2.24, 2.45) is 0 Å². The van der Waals surface area contributed by atoms with Gasteiger partial charge in [0.15, 0.2) is 17.8 Å². The molecule has 9 nitrogen and oxygen atoms in total. The molecule has 1 atom stereocenters. The van der Waals surface area contributed by atoms with Gasteiger partial charge in [0.05, 0.1) is 19.1 Å². The zero-order valence-electron chi connectivity index (χ0n) is 15.8. The van der Waals surface area contributed by atoms with Crippen LogP contribution in [0.25, 0.3) is 0 Å². The molecular weight excluding hydrogens is 388 g/mol. The number of nitrogens with zero attached hydrogens (tertiary/aromatic N) is 1. The van der Waals surface area contributed by atoms with Gasteiger partial charge in [0.2, 0.25) is 10.0 Å². The average molecular weight is 412 g/mol. The number of rotatable bonds is 7. The summed E-state index contributed by atoms with van der Waals surface area (Å²) in [5, 5.41) is 0. The first-order valence-corrected chi connectivity index (χ1v) is 10.4. The number of sulfonamides is 1. The summed E-state index contributed by atoms with van der Waals surface area (Å²) in [5.41, 5.74) is 2.67. The van der Waals surface area contributed by atoms with Crippen molar-refractivity contribution >= 4 is 15.9 Å². The molecular formula is C18H24N2O7S. The van der Waals surface area contributed by atoms with Crippen LogP contribution in [0.2, 0.25) is 0 Å². The van der Waals surface area contributed by atoms with Crippen LogP contribution in [0, 0.1) is 0 Å². The first-order chi connectivity index (χ1) is 13.5. The second-order valence-corrected chi connectivity index (χ2v) is 8.33. The van der Waals surface area contributed by atoms with Crippen molar-refractivity contribution in [3.63, 3.8) is 0 Å². The smallest absolute Gasteiger partial charge is 0.271 e. The van der Waals surface area contributed by atoms with Gasteiger partial charge in [-0.3, -0.25) is 4.79 Å². The minimum Gasteiger partial charge on any atom is -0.493 e. The fraction of sp³-hybridized carbons (Fsp3) is 0.500. The summed E-state index contributed by atoms with van der Waals surface area (Å²) < 4.78 is 42.7. The Balaban J connectivity index is 1.62. The third kappa shape index (κ3) is 4.46. The number of methoxy groups -OCH3 is 2. The fourth-order valence-corrected chi connectivity index (χ4v) is 4.37. The molecule has 0 radical (unpaired) electrons. The van der Waals surface area contributed by atoms with Crippen LogP contribution >= 0.6 is 0 Å². The predicted octanol–water partition coefficient (Wildman–Crippen LogP) is 1.21. The summed E-state index contributed by atoms with van der Waals surface area (Å²) in [4.78, 5) is 17.6. The van der Waals surface area contributed by atoms with Crippen molar-refractivity contribution in [2.45, 2.75) is 30.4 Å². The van der Waals surface area contributed by atoms with Gasteiger partial charge in [-0.15, -0.1) is 0 Å². The van der Waals surface area contributed by atoms with Gasteiger partial charge in [0.1, 0.15) is 0 Å².